The number of nitrogens with zero attached hydrogens (tertiary/aromatic N) is 3. The SMILES string of the molecule is O=C(COc1ccccc1)N1CCCC[C@@H]1c1noc(-c2cc[nH]c(=O)c2)n1. The Labute approximate surface area is 161 Å². The summed E-state index contributed by atoms with van der Waals surface area (Å²) < 4.78 is 10.9. The second kappa shape index (κ2) is 8.08. The number of rotatable bonds is 5. The van der Waals surface area contributed by atoms with E-state index in [9.17, 15) is 9.59 Å². The van der Waals surface area contributed by atoms with Gasteiger partial charge in [0, 0.05) is 24.4 Å². The number of amides is 1. The normalized spacial score (nSPS) is 16.7. The number of para-hydroxylation sites is 1. The predicted molar refractivity (Wildman–Crippen MR) is 101 cm³/mol. The quantitative estimate of drug-likeness (QED) is 0.730. The van der Waals surface area contributed by atoms with Crippen LogP contribution in [0.4, 0.5) is 0 Å². The van der Waals surface area contributed by atoms with E-state index in [0.29, 0.717) is 23.7 Å². The van der Waals surface area contributed by atoms with E-state index >= 15 is 0 Å². The first-order chi connectivity index (χ1) is 13.7. The third-order valence-electron chi connectivity index (χ3n) is 4.69. The molecule has 0 spiro atoms. The van der Waals surface area contributed by atoms with Crippen molar-refractivity contribution in [3.8, 4) is 17.2 Å². The molecule has 8 heteroatoms. The summed E-state index contributed by atoms with van der Waals surface area (Å²) in [4.78, 5) is 33.0. The minimum absolute atomic E-state index is 0.0424. The van der Waals surface area contributed by atoms with Gasteiger partial charge >= 0.3 is 0 Å². The minimum Gasteiger partial charge on any atom is -0.484 e. The molecule has 0 aliphatic carbocycles. The zero-order valence-electron chi connectivity index (χ0n) is 15.2. The third kappa shape index (κ3) is 3.95. The molecule has 1 atom stereocenters. The lowest BCUT2D eigenvalue weighted by Crippen LogP contribution is -2.41. The van der Waals surface area contributed by atoms with Gasteiger partial charge in [0.05, 0.1) is 6.04 Å². The van der Waals surface area contributed by atoms with Crippen LogP contribution in [-0.4, -0.2) is 39.1 Å². The summed E-state index contributed by atoms with van der Waals surface area (Å²) in [6.45, 7) is 0.579. The van der Waals surface area contributed by atoms with Crippen LogP contribution in [0.3, 0.4) is 0 Å². The Hall–Kier alpha value is -3.42. The van der Waals surface area contributed by atoms with Gasteiger partial charge in [-0.15, -0.1) is 0 Å². The van der Waals surface area contributed by atoms with Crippen molar-refractivity contribution < 1.29 is 14.1 Å². The van der Waals surface area contributed by atoms with Gasteiger partial charge in [-0.05, 0) is 37.5 Å². The number of ether oxygens (including phenoxy) is 1. The van der Waals surface area contributed by atoms with Crippen molar-refractivity contribution in [2.24, 2.45) is 0 Å². The van der Waals surface area contributed by atoms with Crippen molar-refractivity contribution >= 4 is 5.91 Å². The molecule has 4 rings (SSSR count). The maximum Gasteiger partial charge on any atom is 0.261 e. The highest BCUT2D eigenvalue weighted by Gasteiger charge is 2.31. The van der Waals surface area contributed by atoms with E-state index in [1.807, 2.05) is 30.3 Å². The molecule has 1 aliphatic rings. The molecule has 0 radical (unpaired) electrons. The molecule has 3 heterocycles. The number of hydrogen-bond donors (Lipinski definition) is 1. The number of H-pyrrole nitrogens is 1. The maximum absolute atomic E-state index is 12.7. The molecule has 0 saturated carbocycles. The van der Waals surface area contributed by atoms with Crippen molar-refractivity contribution in [1.82, 2.24) is 20.0 Å². The van der Waals surface area contributed by atoms with E-state index in [-0.39, 0.29) is 30.0 Å². The highest BCUT2D eigenvalue weighted by Crippen LogP contribution is 2.30. The van der Waals surface area contributed by atoms with Crippen LogP contribution in [0.15, 0.2) is 58.0 Å². The summed E-state index contributed by atoms with van der Waals surface area (Å²) in [5.74, 6) is 1.25. The van der Waals surface area contributed by atoms with Crippen molar-refractivity contribution in [2.75, 3.05) is 13.2 Å². The van der Waals surface area contributed by atoms with E-state index in [2.05, 4.69) is 15.1 Å². The van der Waals surface area contributed by atoms with Crippen molar-refractivity contribution in [3.63, 3.8) is 0 Å². The Bertz CT molecular complexity index is 998. The van der Waals surface area contributed by atoms with E-state index < -0.39 is 0 Å². The highest BCUT2D eigenvalue weighted by molar-refractivity contribution is 5.78. The minimum atomic E-state index is -0.264. The summed E-state index contributed by atoms with van der Waals surface area (Å²) in [6, 6.07) is 12.1. The van der Waals surface area contributed by atoms with Crippen LogP contribution in [0.25, 0.3) is 11.5 Å². The van der Waals surface area contributed by atoms with Crippen LogP contribution in [0, 0.1) is 0 Å². The van der Waals surface area contributed by atoms with Gasteiger partial charge in [0.2, 0.25) is 5.56 Å². The van der Waals surface area contributed by atoms with Gasteiger partial charge in [-0.3, -0.25) is 9.59 Å². The molecular weight excluding hydrogens is 360 g/mol. The molecule has 1 amide bonds. The number of nitrogens with one attached hydrogen (secondary N) is 1. The second-order valence-electron chi connectivity index (χ2n) is 6.60. The summed E-state index contributed by atoms with van der Waals surface area (Å²) in [7, 11) is 0. The van der Waals surface area contributed by atoms with Crippen LogP contribution < -0.4 is 10.3 Å². The van der Waals surface area contributed by atoms with E-state index in [0.717, 1.165) is 19.3 Å². The zero-order chi connectivity index (χ0) is 19.3. The van der Waals surface area contributed by atoms with Gasteiger partial charge in [0.25, 0.3) is 11.8 Å². The van der Waals surface area contributed by atoms with Crippen molar-refractivity contribution in [1.29, 1.82) is 0 Å². The smallest absolute Gasteiger partial charge is 0.261 e. The number of aromatic amines is 1. The van der Waals surface area contributed by atoms with Crippen molar-refractivity contribution in [2.45, 2.75) is 25.3 Å². The first-order valence-electron chi connectivity index (χ1n) is 9.21. The van der Waals surface area contributed by atoms with Crippen LogP contribution in [-0.2, 0) is 4.79 Å². The number of carbonyl (C=O) groups is 1. The van der Waals surface area contributed by atoms with Gasteiger partial charge < -0.3 is 19.1 Å². The number of piperidine rings is 1. The Morgan fingerprint density at radius 1 is 1.25 bits per heavy atom. The summed E-state index contributed by atoms with van der Waals surface area (Å²) >= 11 is 0. The molecule has 1 N–H and O–H groups in total. The first kappa shape index (κ1) is 18.0. The molecule has 0 unspecified atom stereocenters. The fraction of sp³-hybridized carbons (Fsp3) is 0.300. The summed E-state index contributed by atoms with van der Waals surface area (Å²) in [5.41, 5.74) is 0.299. The zero-order valence-corrected chi connectivity index (χ0v) is 15.2. The van der Waals surface area contributed by atoms with Crippen molar-refractivity contribution in [3.05, 3.63) is 64.8 Å². The van der Waals surface area contributed by atoms with Gasteiger partial charge in [-0.1, -0.05) is 23.4 Å². The molecule has 2 aromatic heterocycles. The molecule has 8 nitrogen and oxygen atoms in total. The lowest BCUT2D eigenvalue weighted by Gasteiger charge is -2.33. The van der Waals surface area contributed by atoms with Crippen LogP contribution in [0.5, 0.6) is 5.75 Å². The Morgan fingerprint density at radius 3 is 2.93 bits per heavy atom. The van der Waals surface area contributed by atoms with Gasteiger partial charge in [0.15, 0.2) is 12.4 Å². The van der Waals surface area contributed by atoms with Gasteiger partial charge in [-0.25, -0.2) is 0 Å². The number of benzene rings is 1. The molecule has 0 bridgehead atoms. The number of carbonyl (C=O) groups excluding carboxylic acids is 1. The molecule has 1 saturated heterocycles. The van der Waals surface area contributed by atoms with Crippen LogP contribution in [0.1, 0.15) is 31.1 Å². The fourth-order valence-corrected chi connectivity index (χ4v) is 3.31. The Kier molecular flexibility index (Phi) is 5.18. The molecule has 1 aromatic carbocycles. The van der Waals surface area contributed by atoms with Crippen LogP contribution >= 0.6 is 0 Å². The monoisotopic (exact) mass is 380 g/mol. The number of pyridine rings is 1. The number of aromatic nitrogens is 3. The van der Waals surface area contributed by atoms with Gasteiger partial charge in [0.1, 0.15) is 5.75 Å². The predicted octanol–water partition coefficient (Wildman–Crippen LogP) is 2.56. The standard InChI is InChI=1S/C20H20N4O4/c25-17-12-14(9-10-21-17)20-22-19(23-28-20)16-8-4-5-11-24(16)18(26)13-27-15-6-2-1-3-7-15/h1-3,6-7,9-10,12,16H,4-5,8,11,13H2,(H,21,25)/t16-/m1/s1. The lowest BCUT2D eigenvalue weighted by molar-refractivity contribution is -0.137. The lowest BCUT2D eigenvalue weighted by atomic mass is 10.0. The van der Waals surface area contributed by atoms with Crippen LogP contribution in [0.2, 0.25) is 0 Å². The largest absolute Gasteiger partial charge is 0.484 e. The molecular formula is C20H20N4O4. The maximum atomic E-state index is 12.7. The molecule has 1 fully saturated rings. The van der Waals surface area contributed by atoms with E-state index in [1.54, 1.807) is 11.0 Å². The molecule has 1 aliphatic heterocycles. The highest BCUT2D eigenvalue weighted by atomic mass is 16.5. The Balaban J connectivity index is 1.49. The van der Waals surface area contributed by atoms with E-state index in [4.69, 9.17) is 9.26 Å². The van der Waals surface area contributed by atoms with Gasteiger partial charge in [-0.2, -0.15) is 4.98 Å². The third-order valence-corrected chi connectivity index (χ3v) is 4.69. The van der Waals surface area contributed by atoms with E-state index in [1.165, 1.54) is 12.3 Å². The summed E-state index contributed by atoms with van der Waals surface area (Å²) in [5, 5.41) is 4.06. The first-order valence-corrected chi connectivity index (χ1v) is 9.21. The molecule has 28 heavy (non-hydrogen) atoms. The fourth-order valence-electron chi connectivity index (χ4n) is 3.31. The summed E-state index contributed by atoms with van der Waals surface area (Å²) in [6.07, 6.45) is 4.18. The number of hydrogen-bond acceptors (Lipinski definition) is 6. The molecule has 144 valence electrons. The topological polar surface area (TPSA) is 101 Å². The average molecular weight is 380 g/mol. The second-order valence-corrected chi connectivity index (χ2v) is 6.60. The Morgan fingerprint density at radius 2 is 2.11 bits per heavy atom. The number of likely N-dealkylation sites (tertiary alicyclic amines) is 1. The average Bonchev–Trinajstić information content (AvgIpc) is 3.23. The molecule has 3 aromatic rings.